The first-order chi connectivity index (χ1) is 7.02. The van der Waals surface area contributed by atoms with Gasteiger partial charge in [-0.05, 0) is 37.8 Å². The van der Waals surface area contributed by atoms with Crippen molar-refractivity contribution in [2.45, 2.75) is 37.9 Å². The second-order valence-electron chi connectivity index (χ2n) is 4.47. The van der Waals surface area contributed by atoms with E-state index in [1.807, 2.05) is 0 Å². The van der Waals surface area contributed by atoms with Gasteiger partial charge < -0.3 is 5.73 Å². The molecule has 0 heterocycles. The van der Waals surface area contributed by atoms with Crippen LogP contribution in [-0.4, -0.2) is 5.54 Å². The summed E-state index contributed by atoms with van der Waals surface area (Å²) >= 11 is 0. The first-order valence-corrected chi connectivity index (χ1v) is 5.22. The molecule has 0 bridgehead atoms. The minimum atomic E-state index is -1.27. The Bertz CT molecular complexity index is 370. The molecule has 0 aliphatic heterocycles. The number of halogens is 2. The molecule has 1 saturated carbocycles. The van der Waals surface area contributed by atoms with Gasteiger partial charge in [0.2, 0.25) is 0 Å². The minimum absolute atomic E-state index is 0.175. The average molecular weight is 211 g/mol. The van der Waals surface area contributed by atoms with Crippen LogP contribution >= 0.6 is 0 Å². The van der Waals surface area contributed by atoms with Crippen molar-refractivity contribution in [1.82, 2.24) is 0 Å². The van der Waals surface area contributed by atoms with Gasteiger partial charge in [-0.1, -0.05) is 12.1 Å². The Labute approximate surface area is 88.3 Å². The molecule has 0 spiro atoms. The monoisotopic (exact) mass is 211 g/mol. The van der Waals surface area contributed by atoms with Crippen LogP contribution in [0.4, 0.5) is 8.78 Å². The smallest absolute Gasteiger partial charge is 0.129 e. The van der Waals surface area contributed by atoms with Crippen LogP contribution in [-0.2, 0) is 6.42 Å². The normalized spacial score (nSPS) is 20.0. The highest BCUT2D eigenvalue weighted by molar-refractivity contribution is 5.33. The number of hydrogen-bond acceptors (Lipinski definition) is 1. The third-order valence-corrected chi connectivity index (χ3v) is 2.98. The average Bonchev–Trinajstić information content (AvgIpc) is 2.82. The predicted molar refractivity (Wildman–Crippen MR) is 55.8 cm³/mol. The summed E-state index contributed by atoms with van der Waals surface area (Å²) in [4.78, 5) is 0. The Hall–Kier alpha value is -0.960. The Morgan fingerprint density at radius 2 is 2.13 bits per heavy atom. The molecule has 82 valence electrons. The molecule has 15 heavy (non-hydrogen) atoms. The van der Waals surface area contributed by atoms with E-state index in [0.29, 0.717) is 12.0 Å². The van der Waals surface area contributed by atoms with Crippen LogP contribution in [0.2, 0.25) is 0 Å². The maximum Gasteiger partial charge on any atom is 0.129 e. The summed E-state index contributed by atoms with van der Waals surface area (Å²) in [5, 5.41) is 0. The van der Waals surface area contributed by atoms with E-state index in [1.165, 1.54) is 13.0 Å². The van der Waals surface area contributed by atoms with E-state index in [1.54, 1.807) is 12.1 Å². The number of benzene rings is 1. The van der Waals surface area contributed by atoms with Gasteiger partial charge in [-0.15, -0.1) is 0 Å². The zero-order valence-corrected chi connectivity index (χ0v) is 8.76. The molecule has 0 radical (unpaired) electrons. The zero-order valence-electron chi connectivity index (χ0n) is 8.76. The number of rotatable bonds is 3. The highest BCUT2D eigenvalue weighted by Gasteiger charge is 2.39. The van der Waals surface area contributed by atoms with Gasteiger partial charge in [0.15, 0.2) is 0 Å². The SMILES string of the molecule is CC(F)c1c(F)cccc1CC1(N)CC1. The van der Waals surface area contributed by atoms with Crippen LogP contribution in [0.3, 0.4) is 0 Å². The second-order valence-corrected chi connectivity index (χ2v) is 4.47. The molecule has 2 rings (SSSR count). The summed E-state index contributed by atoms with van der Waals surface area (Å²) < 4.78 is 26.7. The zero-order chi connectivity index (χ0) is 11.1. The summed E-state index contributed by atoms with van der Waals surface area (Å²) in [5.74, 6) is -0.466. The van der Waals surface area contributed by atoms with E-state index in [0.717, 1.165) is 12.8 Å². The van der Waals surface area contributed by atoms with Crippen LogP contribution < -0.4 is 5.73 Å². The van der Waals surface area contributed by atoms with Gasteiger partial charge in [-0.3, -0.25) is 0 Å². The molecule has 1 fully saturated rings. The third kappa shape index (κ3) is 2.17. The first kappa shape index (κ1) is 10.6. The fourth-order valence-electron chi connectivity index (χ4n) is 1.90. The van der Waals surface area contributed by atoms with Crippen LogP contribution in [0.25, 0.3) is 0 Å². The van der Waals surface area contributed by atoms with Gasteiger partial charge in [0, 0.05) is 11.1 Å². The quantitative estimate of drug-likeness (QED) is 0.817. The maximum absolute atomic E-state index is 13.4. The lowest BCUT2D eigenvalue weighted by molar-refractivity contribution is 0.358. The van der Waals surface area contributed by atoms with Gasteiger partial charge in [-0.2, -0.15) is 0 Å². The fraction of sp³-hybridized carbons (Fsp3) is 0.500. The number of alkyl halides is 1. The summed E-state index contributed by atoms with van der Waals surface area (Å²) in [5.41, 5.74) is 6.63. The van der Waals surface area contributed by atoms with Crippen molar-refractivity contribution in [3.63, 3.8) is 0 Å². The van der Waals surface area contributed by atoms with Gasteiger partial charge in [0.05, 0.1) is 0 Å². The molecule has 1 unspecified atom stereocenters. The van der Waals surface area contributed by atoms with Gasteiger partial charge >= 0.3 is 0 Å². The summed E-state index contributed by atoms with van der Waals surface area (Å²) in [6.45, 7) is 1.36. The van der Waals surface area contributed by atoms with Crippen LogP contribution in [0, 0.1) is 5.82 Å². The fourth-order valence-corrected chi connectivity index (χ4v) is 1.90. The van der Waals surface area contributed by atoms with Gasteiger partial charge in [0.25, 0.3) is 0 Å². The van der Waals surface area contributed by atoms with E-state index in [4.69, 9.17) is 5.73 Å². The lowest BCUT2D eigenvalue weighted by Gasteiger charge is -2.14. The Balaban J connectivity index is 2.32. The van der Waals surface area contributed by atoms with Crippen molar-refractivity contribution in [1.29, 1.82) is 0 Å². The molecule has 2 N–H and O–H groups in total. The molecule has 1 aliphatic carbocycles. The molecule has 0 saturated heterocycles. The maximum atomic E-state index is 13.4. The molecule has 3 heteroatoms. The first-order valence-electron chi connectivity index (χ1n) is 5.22. The number of nitrogens with two attached hydrogens (primary N) is 1. The van der Waals surface area contributed by atoms with E-state index in [-0.39, 0.29) is 11.1 Å². The van der Waals surface area contributed by atoms with Crippen molar-refractivity contribution in [2.24, 2.45) is 5.73 Å². The summed E-state index contributed by atoms with van der Waals surface area (Å²) in [7, 11) is 0. The van der Waals surface area contributed by atoms with Crippen molar-refractivity contribution in [3.8, 4) is 0 Å². The topological polar surface area (TPSA) is 26.0 Å². The molecule has 1 aromatic carbocycles. The predicted octanol–water partition coefficient (Wildman–Crippen LogP) is 2.89. The highest BCUT2D eigenvalue weighted by atomic mass is 19.1. The van der Waals surface area contributed by atoms with Crippen LogP contribution in [0.15, 0.2) is 18.2 Å². The molecule has 1 nitrogen and oxygen atoms in total. The van der Waals surface area contributed by atoms with Gasteiger partial charge in [0.1, 0.15) is 12.0 Å². The lowest BCUT2D eigenvalue weighted by atomic mass is 9.96. The molecular formula is C12H15F2N. The van der Waals surface area contributed by atoms with Crippen molar-refractivity contribution in [2.75, 3.05) is 0 Å². The summed E-state index contributed by atoms with van der Waals surface area (Å²) in [6, 6.07) is 4.68. The van der Waals surface area contributed by atoms with E-state index in [2.05, 4.69) is 0 Å². The molecule has 1 aliphatic rings. The number of hydrogen-bond donors (Lipinski definition) is 1. The molecule has 1 aromatic rings. The van der Waals surface area contributed by atoms with E-state index in [9.17, 15) is 8.78 Å². The van der Waals surface area contributed by atoms with Crippen LogP contribution in [0.1, 0.15) is 37.1 Å². The van der Waals surface area contributed by atoms with Crippen molar-refractivity contribution >= 4 is 0 Å². The van der Waals surface area contributed by atoms with Crippen LogP contribution in [0.5, 0.6) is 0 Å². The standard InChI is InChI=1S/C12H15F2N/c1-8(13)11-9(3-2-4-10(11)14)7-12(15)5-6-12/h2-4,8H,5-7,15H2,1H3. The Morgan fingerprint density at radius 1 is 1.47 bits per heavy atom. The summed E-state index contributed by atoms with van der Waals surface area (Å²) in [6.07, 6.45) is 1.20. The van der Waals surface area contributed by atoms with E-state index >= 15 is 0 Å². The molecule has 0 amide bonds. The Morgan fingerprint density at radius 3 is 2.67 bits per heavy atom. The minimum Gasteiger partial charge on any atom is -0.325 e. The molecule has 1 atom stereocenters. The van der Waals surface area contributed by atoms with Crippen molar-refractivity contribution in [3.05, 3.63) is 35.1 Å². The third-order valence-electron chi connectivity index (χ3n) is 2.98. The largest absolute Gasteiger partial charge is 0.325 e. The van der Waals surface area contributed by atoms with Crippen molar-refractivity contribution < 1.29 is 8.78 Å². The lowest BCUT2D eigenvalue weighted by Crippen LogP contribution is -2.25. The Kier molecular flexibility index (Phi) is 2.51. The highest BCUT2D eigenvalue weighted by Crippen LogP contribution is 2.37. The van der Waals surface area contributed by atoms with Gasteiger partial charge in [-0.25, -0.2) is 8.78 Å². The molecular weight excluding hydrogens is 196 g/mol. The molecule has 0 aromatic heterocycles. The van der Waals surface area contributed by atoms with E-state index < -0.39 is 12.0 Å². The second kappa shape index (κ2) is 3.56.